The molecule has 9 heteroatoms. The van der Waals surface area contributed by atoms with Gasteiger partial charge in [0.15, 0.2) is 5.69 Å². The van der Waals surface area contributed by atoms with Crippen LogP contribution < -0.4 is 5.32 Å². The summed E-state index contributed by atoms with van der Waals surface area (Å²) in [5, 5.41) is 13.4. The van der Waals surface area contributed by atoms with Crippen LogP contribution in [0.5, 0.6) is 0 Å². The summed E-state index contributed by atoms with van der Waals surface area (Å²) in [7, 11) is 0. The van der Waals surface area contributed by atoms with Gasteiger partial charge in [0.25, 0.3) is 11.8 Å². The highest BCUT2D eigenvalue weighted by molar-refractivity contribution is 7.12. The molecule has 150 valence electrons. The first kappa shape index (κ1) is 19.3. The van der Waals surface area contributed by atoms with Crippen molar-refractivity contribution in [2.75, 3.05) is 39.3 Å². The Balaban J connectivity index is 1.24. The topological polar surface area (TPSA) is 83.4 Å². The molecule has 3 aromatic rings. The number of hydrogen-bond donors (Lipinski definition) is 1. The number of thiophene rings is 1. The summed E-state index contributed by atoms with van der Waals surface area (Å²) in [5.41, 5.74) is 1.17. The van der Waals surface area contributed by atoms with Gasteiger partial charge in [0.05, 0.1) is 16.8 Å². The van der Waals surface area contributed by atoms with Gasteiger partial charge in [0, 0.05) is 39.3 Å². The quantitative estimate of drug-likeness (QED) is 0.666. The van der Waals surface area contributed by atoms with E-state index < -0.39 is 0 Å². The van der Waals surface area contributed by atoms with E-state index in [1.54, 1.807) is 4.90 Å². The first-order chi connectivity index (χ1) is 14.2. The minimum Gasteiger partial charge on any atom is -0.350 e. The average molecular weight is 411 g/mol. The highest BCUT2D eigenvalue weighted by Gasteiger charge is 2.24. The fourth-order valence-electron chi connectivity index (χ4n) is 3.21. The molecule has 1 aliphatic heterocycles. The summed E-state index contributed by atoms with van der Waals surface area (Å²) in [4.78, 5) is 30.9. The maximum atomic E-state index is 12.7. The highest BCUT2D eigenvalue weighted by Crippen LogP contribution is 2.10. The summed E-state index contributed by atoms with van der Waals surface area (Å²) >= 11 is 1.44. The Kier molecular flexibility index (Phi) is 5.97. The molecule has 0 atom stereocenters. The maximum Gasteiger partial charge on any atom is 0.276 e. The molecule has 0 radical (unpaired) electrons. The molecule has 29 heavy (non-hydrogen) atoms. The van der Waals surface area contributed by atoms with Crippen molar-refractivity contribution in [3.05, 3.63) is 64.6 Å². The van der Waals surface area contributed by atoms with Crippen LogP contribution in [0.2, 0.25) is 0 Å². The molecule has 1 saturated heterocycles. The SMILES string of the molecule is O=C(NCCN1CCN(C(=O)c2cnn(-c3ccccc3)n2)CC1)c1cccs1. The second kappa shape index (κ2) is 8.97. The fourth-order valence-corrected chi connectivity index (χ4v) is 3.85. The Morgan fingerprint density at radius 3 is 2.55 bits per heavy atom. The van der Waals surface area contributed by atoms with Crippen LogP contribution in [0.4, 0.5) is 0 Å². The first-order valence-corrected chi connectivity index (χ1v) is 10.4. The lowest BCUT2D eigenvalue weighted by atomic mass is 10.3. The largest absolute Gasteiger partial charge is 0.350 e. The molecule has 1 aromatic carbocycles. The third kappa shape index (κ3) is 4.69. The van der Waals surface area contributed by atoms with Gasteiger partial charge in [-0.15, -0.1) is 16.4 Å². The Hall–Kier alpha value is -3.04. The van der Waals surface area contributed by atoms with Crippen molar-refractivity contribution in [1.29, 1.82) is 0 Å². The fraction of sp³-hybridized carbons (Fsp3) is 0.300. The van der Waals surface area contributed by atoms with Crippen LogP contribution in [0.15, 0.2) is 54.0 Å². The zero-order chi connectivity index (χ0) is 20.1. The molecule has 8 nitrogen and oxygen atoms in total. The van der Waals surface area contributed by atoms with Crippen molar-refractivity contribution in [2.24, 2.45) is 0 Å². The summed E-state index contributed by atoms with van der Waals surface area (Å²) in [6.45, 7) is 4.17. The van der Waals surface area contributed by atoms with Crippen molar-refractivity contribution in [3.8, 4) is 5.69 Å². The van der Waals surface area contributed by atoms with E-state index in [1.165, 1.54) is 22.3 Å². The number of aromatic nitrogens is 3. The molecule has 0 spiro atoms. The normalized spacial score (nSPS) is 14.7. The summed E-state index contributed by atoms with van der Waals surface area (Å²) in [5.74, 6) is -0.131. The van der Waals surface area contributed by atoms with Crippen LogP contribution >= 0.6 is 11.3 Å². The lowest BCUT2D eigenvalue weighted by Crippen LogP contribution is -2.50. The Labute approximate surface area is 172 Å². The number of nitrogens with zero attached hydrogens (tertiary/aromatic N) is 5. The van der Waals surface area contributed by atoms with Gasteiger partial charge < -0.3 is 10.2 Å². The van der Waals surface area contributed by atoms with Crippen LogP contribution in [0.1, 0.15) is 20.2 Å². The predicted molar refractivity (Wildman–Crippen MR) is 110 cm³/mol. The predicted octanol–water partition coefficient (Wildman–Crippen LogP) is 1.52. The smallest absolute Gasteiger partial charge is 0.276 e. The van der Waals surface area contributed by atoms with Gasteiger partial charge >= 0.3 is 0 Å². The van der Waals surface area contributed by atoms with E-state index in [0.717, 1.165) is 30.2 Å². The molecule has 1 fully saturated rings. The molecule has 0 saturated carbocycles. The Morgan fingerprint density at radius 1 is 1.03 bits per heavy atom. The second-order valence-corrected chi connectivity index (χ2v) is 7.67. The van der Waals surface area contributed by atoms with E-state index in [0.29, 0.717) is 25.3 Å². The second-order valence-electron chi connectivity index (χ2n) is 6.72. The summed E-state index contributed by atoms with van der Waals surface area (Å²) < 4.78 is 0. The van der Waals surface area contributed by atoms with Crippen molar-refractivity contribution in [3.63, 3.8) is 0 Å². The van der Waals surface area contributed by atoms with Crippen LogP contribution in [0.25, 0.3) is 5.69 Å². The number of carbonyl (C=O) groups excluding carboxylic acids is 2. The number of benzene rings is 1. The molecule has 1 aliphatic rings. The van der Waals surface area contributed by atoms with E-state index in [1.807, 2.05) is 47.8 Å². The van der Waals surface area contributed by atoms with Gasteiger partial charge in [0.2, 0.25) is 0 Å². The molecule has 0 aliphatic carbocycles. The van der Waals surface area contributed by atoms with Gasteiger partial charge in [-0.25, -0.2) is 0 Å². The number of piperazine rings is 1. The van der Waals surface area contributed by atoms with Gasteiger partial charge in [-0.2, -0.15) is 9.90 Å². The Bertz CT molecular complexity index is 949. The highest BCUT2D eigenvalue weighted by atomic mass is 32.1. The summed E-state index contributed by atoms with van der Waals surface area (Å²) in [6, 6.07) is 13.2. The van der Waals surface area contributed by atoms with E-state index in [4.69, 9.17) is 0 Å². The van der Waals surface area contributed by atoms with Gasteiger partial charge in [-0.1, -0.05) is 24.3 Å². The van der Waals surface area contributed by atoms with Crippen LogP contribution in [0.3, 0.4) is 0 Å². The number of amides is 2. The minimum absolute atomic E-state index is 0.0321. The van der Waals surface area contributed by atoms with E-state index in [2.05, 4.69) is 20.4 Å². The molecule has 1 N–H and O–H groups in total. The van der Waals surface area contributed by atoms with Crippen molar-refractivity contribution in [1.82, 2.24) is 30.1 Å². The van der Waals surface area contributed by atoms with Crippen LogP contribution in [0, 0.1) is 0 Å². The standard InChI is InChI=1S/C20H22N6O2S/c27-19(18-7-4-14-29-18)21-8-9-24-10-12-25(13-11-24)20(28)17-15-22-26(23-17)16-5-2-1-3-6-16/h1-7,14-15H,8-13H2,(H,21,27). The summed E-state index contributed by atoms with van der Waals surface area (Å²) in [6.07, 6.45) is 1.52. The third-order valence-electron chi connectivity index (χ3n) is 4.82. The molecule has 3 heterocycles. The molecule has 4 rings (SSSR count). The minimum atomic E-state index is -0.0992. The number of rotatable bonds is 6. The van der Waals surface area contributed by atoms with E-state index >= 15 is 0 Å². The van der Waals surface area contributed by atoms with Gasteiger partial charge in [-0.3, -0.25) is 14.5 Å². The average Bonchev–Trinajstić information content (AvgIpc) is 3.47. The molecular formula is C20H22N6O2S. The molecule has 2 aromatic heterocycles. The van der Waals surface area contributed by atoms with Gasteiger partial charge in [0.1, 0.15) is 0 Å². The number of nitrogens with one attached hydrogen (secondary N) is 1. The van der Waals surface area contributed by atoms with Crippen LogP contribution in [-0.4, -0.2) is 75.9 Å². The van der Waals surface area contributed by atoms with Gasteiger partial charge in [-0.05, 0) is 23.6 Å². The number of hydrogen-bond acceptors (Lipinski definition) is 6. The zero-order valence-electron chi connectivity index (χ0n) is 15.9. The Morgan fingerprint density at radius 2 is 1.83 bits per heavy atom. The molecule has 2 amide bonds. The zero-order valence-corrected chi connectivity index (χ0v) is 16.7. The third-order valence-corrected chi connectivity index (χ3v) is 5.68. The molecule has 0 bridgehead atoms. The number of para-hydroxylation sites is 1. The number of carbonyl (C=O) groups is 2. The molecular weight excluding hydrogens is 388 g/mol. The van der Waals surface area contributed by atoms with Crippen molar-refractivity contribution >= 4 is 23.2 Å². The lowest BCUT2D eigenvalue weighted by molar-refractivity contribution is 0.0632. The van der Waals surface area contributed by atoms with E-state index in [9.17, 15) is 9.59 Å². The first-order valence-electron chi connectivity index (χ1n) is 9.52. The van der Waals surface area contributed by atoms with E-state index in [-0.39, 0.29) is 11.8 Å². The van der Waals surface area contributed by atoms with Crippen LogP contribution in [-0.2, 0) is 0 Å². The van der Waals surface area contributed by atoms with Crippen molar-refractivity contribution < 1.29 is 9.59 Å². The monoisotopic (exact) mass is 410 g/mol. The molecule has 0 unspecified atom stereocenters. The maximum absolute atomic E-state index is 12.7. The lowest BCUT2D eigenvalue weighted by Gasteiger charge is -2.34. The van der Waals surface area contributed by atoms with Crippen molar-refractivity contribution in [2.45, 2.75) is 0 Å².